The van der Waals surface area contributed by atoms with Crippen molar-refractivity contribution in [1.29, 1.82) is 0 Å². The van der Waals surface area contributed by atoms with Crippen LogP contribution in [0.15, 0.2) is 12.1 Å². The fraction of sp³-hybridized carbons (Fsp3) is 0.500. The predicted octanol–water partition coefficient (Wildman–Crippen LogP) is 2.44. The third-order valence-electron chi connectivity index (χ3n) is 4.11. The molecule has 0 saturated carbocycles. The number of nitrogens with zero attached hydrogens (tertiary/aromatic N) is 1. The number of likely N-dealkylation sites (tertiary alicyclic amines) is 1. The maximum absolute atomic E-state index is 12.7. The highest BCUT2D eigenvalue weighted by molar-refractivity contribution is 6.32. The molecule has 1 aromatic rings. The van der Waals surface area contributed by atoms with Crippen LogP contribution in [-0.4, -0.2) is 48.2 Å². The first-order valence-electron chi connectivity index (χ1n) is 7.67. The quantitative estimate of drug-likeness (QED) is 0.895. The monoisotopic (exact) mass is 339 g/mol. The van der Waals surface area contributed by atoms with Crippen LogP contribution in [-0.2, 0) is 4.79 Å². The van der Waals surface area contributed by atoms with E-state index in [9.17, 15) is 9.59 Å². The van der Waals surface area contributed by atoms with Crippen LogP contribution in [0.25, 0.3) is 0 Å². The lowest BCUT2D eigenvalue weighted by Gasteiger charge is -2.31. The van der Waals surface area contributed by atoms with Crippen LogP contribution in [0, 0.1) is 5.92 Å². The molecular formula is C16H18ClNO5. The van der Waals surface area contributed by atoms with Gasteiger partial charge in [-0.3, -0.25) is 9.59 Å². The number of ether oxygens (including phenoxy) is 2. The average molecular weight is 340 g/mol. The number of piperidine rings is 1. The summed E-state index contributed by atoms with van der Waals surface area (Å²) in [5.74, 6) is -0.677. The molecule has 1 atom stereocenters. The van der Waals surface area contributed by atoms with Crippen LogP contribution >= 0.6 is 11.6 Å². The van der Waals surface area contributed by atoms with E-state index in [2.05, 4.69) is 0 Å². The highest BCUT2D eigenvalue weighted by Crippen LogP contribution is 2.38. The number of carboxylic acids is 1. The van der Waals surface area contributed by atoms with Gasteiger partial charge >= 0.3 is 5.97 Å². The Hall–Kier alpha value is -1.95. The molecular weight excluding hydrogens is 322 g/mol. The molecule has 2 heterocycles. The standard InChI is InChI=1S/C16H18ClNO5/c17-12-7-11(8-13-14(12)23-6-2-5-22-13)15(19)18-4-1-3-10(9-18)16(20)21/h7-8,10H,1-6,9H2,(H,20,21). The minimum absolute atomic E-state index is 0.222. The van der Waals surface area contributed by atoms with Gasteiger partial charge in [-0.1, -0.05) is 11.6 Å². The van der Waals surface area contributed by atoms with Gasteiger partial charge in [0.1, 0.15) is 0 Å². The Morgan fingerprint density at radius 3 is 2.78 bits per heavy atom. The second-order valence-corrected chi connectivity index (χ2v) is 6.17. The Bertz CT molecular complexity index is 633. The number of carboxylic acid groups (broad SMARTS) is 1. The Balaban J connectivity index is 1.83. The summed E-state index contributed by atoms with van der Waals surface area (Å²) in [6.45, 7) is 1.80. The molecule has 6 nitrogen and oxygen atoms in total. The first kappa shape index (κ1) is 15.9. The van der Waals surface area contributed by atoms with E-state index in [4.69, 9.17) is 26.2 Å². The molecule has 2 aliphatic rings. The molecule has 0 radical (unpaired) electrons. The first-order chi connectivity index (χ1) is 11.1. The lowest BCUT2D eigenvalue weighted by Crippen LogP contribution is -2.42. The molecule has 1 saturated heterocycles. The summed E-state index contributed by atoms with van der Waals surface area (Å²) in [5, 5.41) is 9.48. The SMILES string of the molecule is O=C(O)C1CCCN(C(=O)c2cc(Cl)c3c(c2)OCCCO3)C1. The predicted molar refractivity (Wildman–Crippen MR) is 83.3 cm³/mol. The minimum atomic E-state index is -0.862. The molecule has 3 rings (SSSR count). The molecule has 0 bridgehead atoms. The number of aliphatic carboxylic acids is 1. The molecule has 0 aliphatic carbocycles. The van der Waals surface area contributed by atoms with E-state index in [1.165, 1.54) is 0 Å². The van der Waals surface area contributed by atoms with Gasteiger partial charge in [-0.05, 0) is 25.0 Å². The summed E-state index contributed by atoms with van der Waals surface area (Å²) >= 11 is 6.21. The number of carbonyl (C=O) groups excluding carboxylic acids is 1. The zero-order valence-corrected chi connectivity index (χ0v) is 13.3. The van der Waals surface area contributed by atoms with Crippen molar-refractivity contribution in [2.24, 2.45) is 5.92 Å². The average Bonchev–Trinajstić information content (AvgIpc) is 2.80. The summed E-state index contributed by atoms with van der Waals surface area (Å²) in [6.07, 6.45) is 2.03. The van der Waals surface area contributed by atoms with Crippen molar-refractivity contribution >= 4 is 23.5 Å². The summed E-state index contributed by atoms with van der Waals surface area (Å²) in [5.41, 5.74) is 0.394. The van der Waals surface area contributed by atoms with E-state index in [1.54, 1.807) is 17.0 Å². The third kappa shape index (κ3) is 3.37. The van der Waals surface area contributed by atoms with Crippen molar-refractivity contribution in [1.82, 2.24) is 4.90 Å². The van der Waals surface area contributed by atoms with Gasteiger partial charge in [-0.15, -0.1) is 0 Å². The number of fused-ring (bicyclic) bond motifs is 1. The maximum Gasteiger partial charge on any atom is 0.308 e. The fourth-order valence-electron chi connectivity index (χ4n) is 2.90. The topological polar surface area (TPSA) is 76.1 Å². The summed E-state index contributed by atoms with van der Waals surface area (Å²) < 4.78 is 11.1. The van der Waals surface area contributed by atoms with Gasteiger partial charge in [0.15, 0.2) is 11.5 Å². The van der Waals surface area contributed by atoms with Crippen LogP contribution in [0.4, 0.5) is 0 Å². The summed E-state index contributed by atoms with van der Waals surface area (Å²) in [7, 11) is 0. The molecule has 1 fully saturated rings. The van der Waals surface area contributed by atoms with Crippen LogP contribution in [0.3, 0.4) is 0 Å². The number of benzene rings is 1. The molecule has 1 N–H and O–H groups in total. The van der Waals surface area contributed by atoms with E-state index < -0.39 is 11.9 Å². The van der Waals surface area contributed by atoms with Crippen molar-refractivity contribution in [2.75, 3.05) is 26.3 Å². The van der Waals surface area contributed by atoms with E-state index in [0.717, 1.165) is 6.42 Å². The van der Waals surface area contributed by atoms with E-state index in [1.807, 2.05) is 0 Å². The first-order valence-corrected chi connectivity index (χ1v) is 8.05. The zero-order chi connectivity index (χ0) is 16.4. The van der Waals surface area contributed by atoms with E-state index >= 15 is 0 Å². The second-order valence-electron chi connectivity index (χ2n) is 5.76. The van der Waals surface area contributed by atoms with Gasteiger partial charge in [-0.2, -0.15) is 0 Å². The molecule has 7 heteroatoms. The largest absolute Gasteiger partial charge is 0.489 e. The second kappa shape index (κ2) is 6.66. The molecule has 1 unspecified atom stereocenters. The van der Waals surface area contributed by atoms with Gasteiger partial charge in [0.2, 0.25) is 0 Å². The number of hydrogen-bond donors (Lipinski definition) is 1. The van der Waals surface area contributed by atoms with Crippen LogP contribution in [0.5, 0.6) is 11.5 Å². The third-order valence-corrected chi connectivity index (χ3v) is 4.39. The normalized spacial score (nSPS) is 20.7. The molecule has 1 amide bonds. The molecule has 0 aromatic heterocycles. The summed E-state index contributed by atoms with van der Waals surface area (Å²) in [4.78, 5) is 25.4. The van der Waals surface area contributed by atoms with Gasteiger partial charge in [0.25, 0.3) is 5.91 Å². The fourth-order valence-corrected chi connectivity index (χ4v) is 3.17. The van der Waals surface area contributed by atoms with Gasteiger partial charge in [0.05, 0.1) is 24.2 Å². The maximum atomic E-state index is 12.7. The molecule has 0 spiro atoms. The van der Waals surface area contributed by atoms with E-state index in [-0.39, 0.29) is 12.5 Å². The lowest BCUT2D eigenvalue weighted by molar-refractivity contribution is -0.143. The number of amides is 1. The van der Waals surface area contributed by atoms with Crippen molar-refractivity contribution in [3.63, 3.8) is 0 Å². The number of rotatable bonds is 2. The lowest BCUT2D eigenvalue weighted by atomic mass is 9.97. The molecule has 2 aliphatic heterocycles. The number of hydrogen-bond acceptors (Lipinski definition) is 4. The van der Waals surface area contributed by atoms with Crippen LogP contribution in [0.1, 0.15) is 29.6 Å². The van der Waals surface area contributed by atoms with Crippen molar-refractivity contribution in [2.45, 2.75) is 19.3 Å². The van der Waals surface area contributed by atoms with Crippen LogP contribution < -0.4 is 9.47 Å². The zero-order valence-electron chi connectivity index (χ0n) is 12.6. The van der Waals surface area contributed by atoms with Crippen molar-refractivity contribution in [3.05, 3.63) is 22.7 Å². The Kier molecular flexibility index (Phi) is 4.61. The Labute approximate surface area is 138 Å². The smallest absolute Gasteiger partial charge is 0.308 e. The van der Waals surface area contributed by atoms with E-state index in [0.29, 0.717) is 54.7 Å². The number of halogens is 1. The van der Waals surface area contributed by atoms with Gasteiger partial charge in [0, 0.05) is 25.1 Å². The Morgan fingerprint density at radius 2 is 2.00 bits per heavy atom. The number of carbonyl (C=O) groups is 2. The van der Waals surface area contributed by atoms with Crippen LogP contribution in [0.2, 0.25) is 5.02 Å². The minimum Gasteiger partial charge on any atom is -0.489 e. The van der Waals surface area contributed by atoms with Crippen molar-refractivity contribution < 1.29 is 24.2 Å². The highest BCUT2D eigenvalue weighted by atomic mass is 35.5. The molecule has 124 valence electrons. The highest BCUT2D eigenvalue weighted by Gasteiger charge is 2.29. The molecule has 1 aromatic carbocycles. The molecule has 23 heavy (non-hydrogen) atoms. The van der Waals surface area contributed by atoms with Gasteiger partial charge in [-0.25, -0.2) is 0 Å². The summed E-state index contributed by atoms with van der Waals surface area (Å²) in [6, 6.07) is 3.18. The Morgan fingerprint density at radius 1 is 1.22 bits per heavy atom. The van der Waals surface area contributed by atoms with Crippen molar-refractivity contribution in [3.8, 4) is 11.5 Å². The van der Waals surface area contributed by atoms with Gasteiger partial charge < -0.3 is 19.5 Å².